The first-order chi connectivity index (χ1) is 10.8. The van der Waals surface area contributed by atoms with E-state index >= 15 is 0 Å². The summed E-state index contributed by atoms with van der Waals surface area (Å²) in [6.45, 7) is 4.75. The Morgan fingerprint density at radius 3 is 2.45 bits per heavy atom. The third-order valence-corrected chi connectivity index (χ3v) is 4.05. The van der Waals surface area contributed by atoms with Crippen molar-refractivity contribution in [2.24, 2.45) is 0 Å². The number of piperazine rings is 1. The molecule has 0 atom stereocenters. The second kappa shape index (κ2) is 7.17. The van der Waals surface area contributed by atoms with Gasteiger partial charge in [0.25, 0.3) is 0 Å². The maximum Gasteiger partial charge on any atom is 0.236 e. The highest BCUT2D eigenvalue weighted by Gasteiger charge is 2.23. The van der Waals surface area contributed by atoms with Crippen LogP contribution in [0.25, 0.3) is 0 Å². The molecule has 0 aliphatic carbocycles. The van der Waals surface area contributed by atoms with Gasteiger partial charge in [-0.1, -0.05) is 30.3 Å². The molecule has 1 aliphatic rings. The molecule has 2 aromatic rings. The van der Waals surface area contributed by atoms with Crippen LogP contribution in [0.1, 0.15) is 5.56 Å². The predicted octanol–water partition coefficient (Wildman–Crippen LogP) is 0.665. The summed E-state index contributed by atoms with van der Waals surface area (Å²) in [5.74, 6) is 0.228. The van der Waals surface area contributed by atoms with Crippen molar-refractivity contribution in [3.63, 3.8) is 0 Å². The lowest BCUT2D eigenvalue weighted by molar-refractivity contribution is -0.136. The second-order valence-electron chi connectivity index (χ2n) is 5.59. The highest BCUT2D eigenvalue weighted by molar-refractivity contribution is 5.79. The van der Waals surface area contributed by atoms with Gasteiger partial charge in [-0.25, -0.2) is 0 Å². The van der Waals surface area contributed by atoms with Crippen LogP contribution in [0.4, 0.5) is 0 Å². The van der Waals surface area contributed by atoms with Crippen LogP contribution in [0.5, 0.6) is 0 Å². The Morgan fingerprint density at radius 2 is 1.73 bits per heavy atom. The van der Waals surface area contributed by atoms with Gasteiger partial charge in [-0.05, 0) is 12.0 Å². The van der Waals surface area contributed by atoms with Gasteiger partial charge in [0.05, 0.1) is 6.54 Å². The van der Waals surface area contributed by atoms with E-state index in [1.807, 2.05) is 27.7 Å². The number of aromatic nitrogens is 3. The summed E-state index contributed by atoms with van der Waals surface area (Å²) in [4.78, 5) is 16.4. The molecule has 0 saturated carbocycles. The predicted molar refractivity (Wildman–Crippen MR) is 83.2 cm³/mol. The molecule has 6 heteroatoms. The summed E-state index contributed by atoms with van der Waals surface area (Å²) in [7, 11) is 0. The van der Waals surface area contributed by atoms with E-state index in [1.54, 1.807) is 12.7 Å². The van der Waals surface area contributed by atoms with E-state index in [9.17, 15) is 4.79 Å². The number of rotatable bonds is 6. The fourth-order valence-electron chi connectivity index (χ4n) is 2.69. The Hall–Kier alpha value is -2.21. The average molecular weight is 299 g/mol. The van der Waals surface area contributed by atoms with Gasteiger partial charge in [0.15, 0.2) is 0 Å². The molecule has 116 valence electrons. The monoisotopic (exact) mass is 299 g/mol. The molecule has 1 aliphatic heterocycles. The third-order valence-electron chi connectivity index (χ3n) is 4.05. The molecule has 22 heavy (non-hydrogen) atoms. The van der Waals surface area contributed by atoms with Crippen LogP contribution < -0.4 is 0 Å². The van der Waals surface area contributed by atoms with Crippen molar-refractivity contribution in [3.05, 3.63) is 48.5 Å². The normalized spacial score (nSPS) is 16.2. The average Bonchev–Trinajstić information content (AvgIpc) is 3.06. The molecule has 3 rings (SSSR count). The SMILES string of the molecule is O=C1CN(CCn2cnnc2)CCN1CCc1ccccc1. The Labute approximate surface area is 130 Å². The smallest absolute Gasteiger partial charge is 0.236 e. The topological polar surface area (TPSA) is 54.3 Å². The molecule has 6 nitrogen and oxygen atoms in total. The minimum absolute atomic E-state index is 0.228. The summed E-state index contributed by atoms with van der Waals surface area (Å²) >= 11 is 0. The molecule has 1 aromatic carbocycles. The van der Waals surface area contributed by atoms with E-state index in [2.05, 4.69) is 27.2 Å². The number of hydrogen-bond acceptors (Lipinski definition) is 4. The van der Waals surface area contributed by atoms with Gasteiger partial charge >= 0.3 is 0 Å². The fraction of sp³-hybridized carbons (Fsp3) is 0.438. The summed E-state index contributed by atoms with van der Waals surface area (Å²) in [6, 6.07) is 10.3. The van der Waals surface area contributed by atoms with Gasteiger partial charge in [-0.3, -0.25) is 9.69 Å². The molecule has 1 fully saturated rings. The summed E-state index contributed by atoms with van der Waals surface area (Å²) < 4.78 is 1.94. The lowest BCUT2D eigenvalue weighted by atomic mass is 10.1. The van der Waals surface area contributed by atoms with E-state index in [-0.39, 0.29) is 5.91 Å². The van der Waals surface area contributed by atoms with Gasteiger partial charge in [-0.15, -0.1) is 10.2 Å². The number of carbonyl (C=O) groups excluding carboxylic acids is 1. The second-order valence-corrected chi connectivity index (χ2v) is 5.59. The van der Waals surface area contributed by atoms with Crippen molar-refractivity contribution in [2.45, 2.75) is 13.0 Å². The van der Waals surface area contributed by atoms with Gasteiger partial charge in [0.1, 0.15) is 12.7 Å². The molecular weight excluding hydrogens is 278 g/mol. The largest absolute Gasteiger partial charge is 0.340 e. The molecule has 0 spiro atoms. The Morgan fingerprint density at radius 1 is 0.955 bits per heavy atom. The zero-order valence-corrected chi connectivity index (χ0v) is 12.6. The van der Waals surface area contributed by atoms with Gasteiger partial charge in [0, 0.05) is 32.7 Å². The van der Waals surface area contributed by atoms with Crippen molar-refractivity contribution in [2.75, 3.05) is 32.7 Å². The summed E-state index contributed by atoms with van der Waals surface area (Å²) in [5.41, 5.74) is 1.28. The number of amides is 1. The molecular formula is C16H21N5O. The van der Waals surface area contributed by atoms with E-state index < -0.39 is 0 Å². The minimum Gasteiger partial charge on any atom is -0.340 e. The summed E-state index contributed by atoms with van der Waals surface area (Å²) in [5, 5.41) is 7.57. The standard InChI is InChI=1S/C16H21N5O/c22-16-12-19(8-9-20-13-17-18-14-20)10-11-21(16)7-6-15-4-2-1-3-5-15/h1-5,13-14H,6-12H2. The quantitative estimate of drug-likeness (QED) is 0.786. The van der Waals surface area contributed by atoms with E-state index in [4.69, 9.17) is 0 Å². The molecule has 1 amide bonds. The molecule has 0 N–H and O–H groups in total. The van der Waals surface area contributed by atoms with Crippen LogP contribution in [-0.4, -0.2) is 63.2 Å². The maximum absolute atomic E-state index is 12.2. The Balaban J connectivity index is 1.43. The first-order valence-electron chi connectivity index (χ1n) is 7.68. The number of hydrogen-bond donors (Lipinski definition) is 0. The zero-order valence-electron chi connectivity index (χ0n) is 12.6. The van der Waals surface area contributed by atoms with Gasteiger partial charge < -0.3 is 9.47 Å². The zero-order chi connectivity index (χ0) is 15.2. The third kappa shape index (κ3) is 3.92. The summed E-state index contributed by atoms with van der Waals surface area (Å²) in [6.07, 6.45) is 4.34. The van der Waals surface area contributed by atoms with Crippen LogP contribution in [0.3, 0.4) is 0 Å². The lowest BCUT2D eigenvalue weighted by Gasteiger charge is -2.34. The Bertz CT molecular complexity index is 584. The number of benzene rings is 1. The van der Waals surface area contributed by atoms with Crippen LogP contribution in [0, 0.1) is 0 Å². The minimum atomic E-state index is 0.228. The fourth-order valence-corrected chi connectivity index (χ4v) is 2.69. The molecule has 1 saturated heterocycles. The molecule has 0 bridgehead atoms. The molecule has 0 unspecified atom stereocenters. The first-order valence-corrected chi connectivity index (χ1v) is 7.68. The number of nitrogens with zero attached hydrogens (tertiary/aromatic N) is 5. The highest BCUT2D eigenvalue weighted by atomic mass is 16.2. The van der Waals surface area contributed by atoms with Crippen LogP contribution in [0.2, 0.25) is 0 Å². The van der Waals surface area contributed by atoms with E-state index in [0.29, 0.717) is 6.54 Å². The van der Waals surface area contributed by atoms with Crippen molar-refractivity contribution < 1.29 is 4.79 Å². The van der Waals surface area contributed by atoms with Crippen molar-refractivity contribution in [1.82, 2.24) is 24.6 Å². The van der Waals surface area contributed by atoms with Crippen molar-refractivity contribution in [1.29, 1.82) is 0 Å². The first kappa shape index (κ1) is 14.7. The lowest BCUT2D eigenvalue weighted by Crippen LogP contribution is -2.51. The van der Waals surface area contributed by atoms with Crippen LogP contribution in [-0.2, 0) is 17.8 Å². The van der Waals surface area contributed by atoms with Gasteiger partial charge in [0.2, 0.25) is 5.91 Å². The van der Waals surface area contributed by atoms with Crippen molar-refractivity contribution in [3.8, 4) is 0 Å². The van der Waals surface area contributed by atoms with Gasteiger partial charge in [-0.2, -0.15) is 0 Å². The molecule has 2 heterocycles. The maximum atomic E-state index is 12.2. The van der Waals surface area contributed by atoms with Crippen molar-refractivity contribution >= 4 is 5.91 Å². The Kier molecular flexibility index (Phi) is 4.80. The molecule has 0 radical (unpaired) electrons. The highest BCUT2D eigenvalue weighted by Crippen LogP contribution is 2.07. The molecule has 1 aromatic heterocycles. The van der Waals surface area contributed by atoms with Crippen LogP contribution >= 0.6 is 0 Å². The van der Waals surface area contributed by atoms with E-state index in [0.717, 1.165) is 39.1 Å². The number of carbonyl (C=O) groups is 1. The van der Waals surface area contributed by atoms with Crippen LogP contribution in [0.15, 0.2) is 43.0 Å². The van der Waals surface area contributed by atoms with E-state index in [1.165, 1.54) is 5.56 Å².